The van der Waals surface area contributed by atoms with Crippen LogP contribution in [-0.2, 0) is 33.5 Å². The Morgan fingerprint density at radius 3 is 2.15 bits per heavy atom. The highest BCUT2D eigenvalue weighted by Crippen LogP contribution is 2.22. The molecule has 0 spiro atoms. The molecule has 2 aliphatic heterocycles. The van der Waals surface area contributed by atoms with Gasteiger partial charge in [-0.2, -0.15) is 0 Å². The topological polar surface area (TPSA) is 145 Å². The van der Waals surface area contributed by atoms with Gasteiger partial charge in [0.05, 0.1) is 6.42 Å². The number of nitrogens with zero attached hydrogens (tertiary/aromatic N) is 3. The Kier molecular flexibility index (Phi) is 11.3. The third-order valence-corrected chi connectivity index (χ3v) is 7.86. The van der Waals surface area contributed by atoms with Crippen LogP contribution < -0.4 is 10.6 Å². The zero-order chi connectivity index (χ0) is 29.6. The third kappa shape index (κ3) is 7.48. The SMILES string of the molecule is CC[C@H](C)[C@@H]1NC(=O)[C@@H]2CCCN2C(=O)[C@@H](C)OC(=O)CCNC(=O)[C@H](C)N(C)C(=O)[C@H](C(C)C)N(C)C1=O. The first kappa shape index (κ1) is 32.0. The van der Waals surface area contributed by atoms with Gasteiger partial charge in [0, 0.05) is 27.2 Å². The maximum Gasteiger partial charge on any atom is 0.308 e. The summed E-state index contributed by atoms with van der Waals surface area (Å²) in [6.07, 6.45) is 0.309. The molecule has 0 bridgehead atoms. The molecule has 2 fully saturated rings. The van der Waals surface area contributed by atoms with Crippen molar-refractivity contribution in [2.45, 2.75) is 97.5 Å². The normalized spacial score (nSPS) is 29.8. The molecule has 2 saturated heterocycles. The lowest BCUT2D eigenvalue weighted by atomic mass is 9.94. The lowest BCUT2D eigenvalue weighted by Gasteiger charge is -2.38. The smallest absolute Gasteiger partial charge is 0.308 e. The maximum atomic E-state index is 13.8. The van der Waals surface area contributed by atoms with Crippen LogP contribution in [0.5, 0.6) is 0 Å². The summed E-state index contributed by atoms with van der Waals surface area (Å²) in [5.41, 5.74) is 0. The molecule has 0 unspecified atom stereocenters. The van der Waals surface area contributed by atoms with E-state index in [1.54, 1.807) is 6.92 Å². The van der Waals surface area contributed by atoms with Gasteiger partial charge in [-0.05, 0) is 38.5 Å². The Morgan fingerprint density at radius 1 is 0.923 bits per heavy atom. The first-order chi connectivity index (χ1) is 18.2. The molecule has 2 aliphatic rings. The third-order valence-electron chi connectivity index (χ3n) is 7.86. The van der Waals surface area contributed by atoms with Gasteiger partial charge in [-0.25, -0.2) is 0 Å². The second kappa shape index (κ2) is 13.7. The van der Waals surface area contributed by atoms with Gasteiger partial charge in [-0.15, -0.1) is 0 Å². The van der Waals surface area contributed by atoms with Crippen molar-refractivity contribution in [1.29, 1.82) is 0 Å². The number of fused-ring (bicyclic) bond motifs is 1. The number of esters is 1. The fourth-order valence-corrected chi connectivity index (χ4v) is 5.04. The predicted molar refractivity (Wildman–Crippen MR) is 143 cm³/mol. The molecule has 0 aromatic heterocycles. The van der Waals surface area contributed by atoms with Gasteiger partial charge >= 0.3 is 5.97 Å². The number of cyclic esters (lactones) is 1. The van der Waals surface area contributed by atoms with E-state index in [0.717, 1.165) is 0 Å². The predicted octanol–water partition coefficient (Wildman–Crippen LogP) is 0.290. The molecule has 0 aromatic rings. The largest absolute Gasteiger partial charge is 0.452 e. The molecule has 2 N–H and O–H groups in total. The van der Waals surface area contributed by atoms with Crippen LogP contribution in [0, 0.1) is 11.8 Å². The van der Waals surface area contributed by atoms with E-state index in [1.807, 2.05) is 27.7 Å². The van der Waals surface area contributed by atoms with E-state index in [9.17, 15) is 28.8 Å². The van der Waals surface area contributed by atoms with Crippen molar-refractivity contribution in [2.24, 2.45) is 11.8 Å². The molecule has 0 saturated carbocycles. The molecule has 0 aromatic carbocycles. The van der Waals surface area contributed by atoms with E-state index in [4.69, 9.17) is 4.74 Å². The molecular formula is C27H45N5O7. The van der Waals surface area contributed by atoms with Gasteiger partial charge in [0.15, 0.2) is 6.10 Å². The summed E-state index contributed by atoms with van der Waals surface area (Å²) in [5, 5.41) is 5.48. The summed E-state index contributed by atoms with van der Waals surface area (Å²) in [7, 11) is 3.02. The lowest BCUT2D eigenvalue weighted by Crippen LogP contribution is -2.60. The minimum absolute atomic E-state index is 0.0394. The number of nitrogens with one attached hydrogen (secondary N) is 2. The zero-order valence-electron chi connectivity index (χ0n) is 24.5. The Labute approximate surface area is 231 Å². The monoisotopic (exact) mass is 551 g/mol. The number of amides is 5. The minimum Gasteiger partial charge on any atom is -0.452 e. The molecule has 39 heavy (non-hydrogen) atoms. The Hall–Kier alpha value is -3.18. The quantitative estimate of drug-likeness (QED) is 0.480. The van der Waals surface area contributed by atoms with Gasteiger partial charge in [-0.3, -0.25) is 28.8 Å². The van der Waals surface area contributed by atoms with Gasteiger partial charge < -0.3 is 30.1 Å². The molecule has 2 heterocycles. The number of carbonyl (C=O) groups is 6. The van der Waals surface area contributed by atoms with E-state index in [2.05, 4.69) is 10.6 Å². The summed E-state index contributed by atoms with van der Waals surface area (Å²) < 4.78 is 5.28. The second-order valence-corrected chi connectivity index (χ2v) is 11.0. The number of carbonyl (C=O) groups excluding carboxylic acids is 6. The van der Waals surface area contributed by atoms with Crippen molar-refractivity contribution >= 4 is 35.5 Å². The second-order valence-electron chi connectivity index (χ2n) is 11.0. The van der Waals surface area contributed by atoms with E-state index >= 15 is 0 Å². The molecule has 6 atom stereocenters. The van der Waals surface area contributed by atoms with Crippen LogP contribution in [0.4, 0.5) is 0 Å². The molecule has 2 rings (SSSR count). The van der Waals surface area contributed by atoms with Crippen molar-refractivity contribution < 1.29 is 33.5 Å². The zero-order valence-corrected chi connectivity index (χ0v) is 24.5. The fraction of sp³-hybridized carbons (Fsp3) is 0.778. The molecule has 12 heteroatoms. The molecule has 0 aliphatic carbocycles. The summed E-state index contributed by atoms with van der Waals surface area (Å²) in [5.74, 6) is -3.48. The average molecular weight is 552 g/mol. The number of hydrogen-bond acceptors (Lipinski definition) is 7. The van der Waals surface area contributed by atoms with Gasteiger partial charge in [0.1, 0.15) is 24.2 Å². The summed E-state index contributed by atoms with van der Waals surface area (Å²) in [4.78, 5) is 83.1. The van der Waals surface area contributed by atoms with Crippen molar-refractivity contribution in [3.8, 4) is 0 Å². The highest BCUT2D eigenvalue weighted by molar-refractivity contribution is 5.96. The molecule has 5 amide bonds. The minimum atomic E-state index is -1.11. The summed E-state index contributed by atoms with van der Waals surface area (Å²) in [6.45, 7) is 10.7. The molecule has 220 valence electrons. The van der Waals surface area contributed by atoms with Gasteiger partial charge in [0.2, 0.25) is 23.6 Å². The van der Waals surface area contributed by atoms with Crippen molar-refractivity contribution in [1.82, 2.24) is 25.3 Å². The average Bonchev–Trinajstić information content (AvgIpc) is 3.38. The molecule has 0 radical (unpaired) electrons. The van der Waals surface area contributed by atoms with Gasteiger partial charge in [0.25, 0.3) is 5.91 Å². The van der Waals surface area contributed by atoms with Crippen LogP contribution in [0.3, 0.4) is 0 Å². The van der Waals surface area contributed by atoms with Crippen LogP contribution >= 0.6 is 0 Å². The van der Waals surface area contributed by atoms with Crippen molar-refractivity contribution in [3.63, 3.8) is 0 Å². The van der Waals surface area contributed by atoms with E-state index in [-0.39, 0.29) is 24.8 Å². The Bertz CT molecular complexity index is 955. The lowest BCUT2D eigenvalue weighted by molar-refractivity contribution is -0.160. The van der Waals surface area contributed by atoms with Crippen molar-refractivity contribution in [3.05, 3.63) is 0 Å². The van der Waals surface area contributed by atoms with Crippen LogP contribution in [-0.4, -0.2) is 108 Å². The van der Waals surface area contributed by atoms with Crippen LogP contribution in [0.1, 0.15) is 67.2 Å². The van der Waals surface area contributed by atoms with Crippen LogP contribution in [0.15, 0.2) is 0 Å². The van der Waals surface area contributed by atoms with E-state index in [0.29, 0.717) is 25.8 Å². The van der Waals surface area contributed by atoms with Crippen LogP contribution in [0.2, 0.25) is 0 Å². The molecule has 12 nitrogen and oxygen atoms in total. The van der Waals surface area contributed by atoms with Gasteiger partial charge in [-0.1, -0.05) is 34.1 Å². The number of ether oxygens (including phenoxy) is 1. The number of likely N-dealkylation sites (N-methyl/N-ethyl adjacent to an activating group) is 2. The summed E-state index contributed by atoms with van der Waals surface area (Å²) >= 11 is 0. The highest BCUT2D eigenvalue weighted by atomic mass is 16.5. The first-order valence-corrected chi connectivity index (χ1v) is 13.8. The Balaban J connectivity index is 2.48. The number of hydrogen-bond donors (Lipinski definition) is 2. The number of rotatable bonds is 3. The van der Waals surface area contributed by atoms with E-state index in [1.165, 1.54) is 35.7 Å². The first-order valence-electron chi connectivity index (χ1n) is 13.8. The standard InChI is InChI=1S/C27H45N5O7/c1-9-16(4)21-26(37)31(8)22(15(2)3)27(38)30(7)17(5)23(34)28-13-12-20(33)39-18(6)25(36)32-14-10-11-19(32)24(35)29-21/h15-19,21-22H,9-14H2,1-8H3,(H,28,34)(H,29,35)/t16-,17-,18+,19-,21-,22-/m0/s1. The maximum absolute atomic E-state index is 13.8. The molecular weight excluding hydrogens is 506 g/mol. The fourth-order valence-electron chi connectivity index (χ4n) is 5.04. The van der Waals surface area contributed by atoms with Crippen LogP contribution in [0.25, 0.3) is 0 Å². The van der Waals surface area contributed by atoms with Crippen molar-refractivity contribution in [2.75, 3.05) is 27.2 Å². The highest BCUT2D eigenvalue weighted by Gasteiger charge is 2.42. The Morgan fingerprint density at radius 2 is 1.56 bits per heavy atom. The van der Waals surface area contributed by atoms with E-state index < -0.39 is 65.8 Å². The summed E-state index contributed by atoms with van der Waals surface area (Å²) in [6, 6.07) is -3.50.